The van der Waals surface area contributed by atoms with E-state index in [1.54, 1.807) is 0 Å². The van der Waals surface area contributed by atoms with Crippen LogP contribution < -0.4 is 5.32 Å². The maximum atomic E-state index is 3.51. The van der Waals surface area contributed by atoms with Crippen LogP contribution in [0, 0.1) is 12.3 Å². The lowest BCUT2D eigenvalue weighted by atomic mass is 9.82. The normalized spacial score (nSPS) is 22.4. The average Bonchev–Trinajstić information content (AvgIpc) is 2.41. The Morgan fingerprint density at radius 1 is 1.10 bits per heavy atom. The summed E-state index contributed by atoms with van der Waals surface area (Å²) in [6.07, 6.45) is 2.61. The summed E-state index contributed by atoms with van der Waals surface area (Å²) in [7, 11) is 2.08. The maximum Gasteiger partial charge on any atom is 0.0473 e. The Morgan fingerprint density at radius 2 is 1.65 bits per heavy atom. The largest absolute Gasteiger partial charge is 0.312 e. The van der Waals surface area contributed by atoms with Gasteiger partial charge in [-0.1, -0.05) is 43.7 Å². The van der Waals surface area contributed by atoms with Gasteiger partial charge in [-0.15, -0.1) is 0 Å². The molecule has 2 heteroatoms. The molecule has 1 aromatic carbocycles. The lowest BCUT2D eigenvalue weighted by Crippen LogP contribution is -2.47. The first-order chi connectivity index (χ1) is 9.43. The highest BCUT2D eigenvalue weighted by molar-refractivity contribution is 5.25. The number of rotatable bonds is 4. The first kappa shape index (κ1) is 15.5. The van der Waals surface area contributed by atoms with Crippen molar-refractivity contribution in [1.29, 1.82) is 0 Å². The number of nitrogens with zero attached hydrogens (tertiary/aromatic N) is 1. The van der Waals surface area contributed by atoms with Crippen molar-refractivity contribution in [1.82, 2.24) is 10.2 Å². The fourth-order valence-corrected chi connectivity index (χ4v) is 3.21. The highest BCUT2D eigenvalue weighted by Crippen LogP contribution is 2.32. The van der Waals surface area contributed by atoms with Gasteiger partial charge in [-0.2, -0.15) is 0 Å². The van der Waals surface area contributed by atoms with Gasteiger partial charge in [0.15, 0.2) is 0 Å². The van der Waals surface area contributed by atoms with Crippen molar-refractivity contribution in [2.45, 2.75) is 52.6 Å². The second kappa shape index (κ2) is 6.28. The molecule has 0 saturated carbocycles. The van der Waals surface area contributed by atoms with Gasteiger partial charge >= 0.3 is 0 Å². The number of hydrogen-bond acceptors (Lipinski definition) is 2. The highest BCUT2D eigenvalue weighted by atomic mass is 15.2. The molecule has 0 spiro atoms. The van der Waals surface area contributed by atoms with Crippen molar-refractivity contribution in [3.8, 4) is 0 Å². The van der Waals surface area contributed by atoms with Gasteiger partial charge in [-0.3, -0.25) is 4.90 Å². The van der Waals surface area contributed by atoms with E-state index < -0.39 is 0 Å². The van der Waals surface area contributed by atoms with Crippen LogP contribution in [0.15, 0.2) is 24.3 Å². The molecule has 1 fully saturated rings. The molecule has 0 amide bonds. The lowest BCUT2D eigenvalue weighted by molar-refractivity contribution is 0.0844. The number of likely N-dealkylation sites (tertiary alicyclic amines) is 1. The summed E-state index contributed by atoms with van der Waals surface area (Å²) >= 11 is 0. The summed E-state index contributed by atoms with van der Waals surface area (Å²) in [5.74, 6) is 0. The third-order valence-electron chi connectivity index (χ3n) is 4.96. The molecule has 1 heterocycles. The molecule has 2 rings (SSSR count). The third kappa shape index (κ3) is 3.62. The SMILES string of the molecule is CNC(c1ccc(C)cc1)C(C)N1CCC(C)(C)CC1. The summed E-state index contributed by atoms with van der Waals surface area (Å²) in [4.78, 5) is 2.65. The molecular weight excluding hydrogens is 244 g/mol. The Bertz CT molecular complexity index is 412. The third-order valence-corrected chi connectivity index (χ3v) is 4.96. The van der Waals surface area contributed by atoms with Gasteiger partial charge in [-0.25, -0.2) is 0 Å². The summed E-state index contributed by atoms with van der Waals surface area (Å²) in [6, 6.07) is 9.91. The van der Waals surface area contributed by atoms with E-state index in [0.29, 0.717) is 17.5 Å². The Hall–Kier alpha value is -0.860. The van der Waals surface area contributed by atoms with Gasteiger partial charge in [0.2, 0.25) is 0 Å². The van der Waals surface area contributed by atoms with E-state index in [-0.39, 0.29) is 0 Å². The van der Waals surface area contributed by atoms with Crippen molar-refractivity contribution in [2.24, 2.45) is 5.41 Å². The van der Waals surface area contributed by atoms with Crippen LogP contribution in [0.2, 0.25) is 0 Å². The summed E-state index contributed by atoms with van der Waals surface area (Å²) in [6.45, 7) is 11.7. The Labute approximate surface area is 124 Å². The van der Waals surface area contributed by atoms with Gasteiger partial charge in [0.1, 0.15) is 0 Å². The smallest absolute Gasteiger partial charge is 0.0473 e. The maximum absolute atomic E-state index is 3.51. The topological polar surface area (TPSA) is 15.3 Å². The summed E-state index contributed by atoms with van der Waals surface area (Å²) < 4.78 is 0. The Kier molecular flexibility index (Phi) is 4.87. The van der Waals surface area contributed by atoms with E-state index >= 15 is 0 Å². The lowest BCUT2D eigenvalue weighted by Gasteiger charge is -2.42. The molecule has 2 nitrogen and oxygen atoms in total. The molecule has 0 radical (unpaired) electrons. The van der Waals surface area contributed by atoms with Crippen molar-refractivity contribution in [3.05, 3.63) is 35.4 Å². The van der Waals surface area contributed by atoms with Gasteiger partial charge in [-0.05, 0) is 57.8 Å². The second-order valence-electron chi connectivity index (χ2n) is 7.12. The van der Waals surface area contributed by atoms with Gasteiger partial charge < -0.3 is 5.32 Å². The van der Waals surface area contributed by atoms with E-state index in [1.165, 1.54) is 37.1 Å². The number of benzene rings is 1. The molecule has 1 N–H and O–H groups in total. The summed E-state index contributed by atoms with van der Waals surface area (Å²) in [5.41, 5.74) is 3.25. The first-order valence-corrected chi connectivity index (χ1v) is 7.91. The van der Waals surface area contributed by atoms with E-state index in [4.69, 9.17) is 0 Å². The van der Waals surface area contributed by atoms with Crippen LogP contribution in [-0.2, 0) is 0 Å². The van der Waals surface area contributed by atoms with Crippen LogP contribution in [0.3, 0.4) is 0 Å². The quantitative estimate of drug-likeness (QED) is 0.899. The molecule has 2 atom stereocenters. The minimum Gasteiger partial charge on any atom is -0.312 e. The molecule has 2 unspecified atom stereocenters. The van der Waals surface area contributed by atoms with Crippen LogP contribution in [0.5, 0.6) is 0 Å². The fraction of sp³-hybridized carbons (Fsp3) is 0.667. The predicted octanol–water partition coefficient (Wildman–Crippen LogP) is 3.77. The van der Waals surface area contributed by atoms with E-state index in [0.717, 1.165) is 0 Å². The van der Waals surface area contributed by atoms with E-state index in [2.05, 4.69) is 69.2 Å². The number of piperidine rings is 1. The molecule has 0 aliphatic carbocycles. The minimum absolute atomic E-state index is 0.414. The van der Waals surface area contributed by atoms with E-state index in [1.807, 2.05) is 0 Å². The molecule has 1 saturated heterocycles. The Balaban J connectivity index is 2.06. The van der Waals surface area contributed by atoms with Crippen molar-refractivity contribution in [3.63, 3.8) is 0 Å². The molecule has 112 valence electrons. The number of hydrogen-bond donors (Lipinski definition) is 1. The van der Waals surface area contributed by atoms with Crippen LogP contribution in [0.1, 0.15) is 50.8 Å². The molecule has 20 heavy (non-hydrogen) atoms. The predicted molar refractivity (Wildman–Crippen MR) is 87.0 cm³/mol. The average molecular weight is 274 g/mol. The van der Waals surface area contributed by atoms with Crippen molar-refractivity contribution < 1.29 is 0 Å². The van der Waals surface area contributed by atoms with Crippen LogP contribution in [-0.4, -0.2) is 31.1 Å². The van der Waals surface area contributed by atoms with Gasteiger partial charge in [0.25, 0.3) is 0 Å². The molecule has 1 aliphatic rings. The molecule has 0 bridgehead atoms. The first-order valence-electron chi connectivity index (χ1n) is 7.91. The number of likely N-dealkylation sites (N-methyl/N-ethyl adjacent to an activating group) is 1. The van der Waals surface area contributed by atoms with E-state index in [9.17, 15) is 0 Å². The molecule has 1 aliphatic heterocycles. The van der Waals surface area contributed by atoms with Gasteiger partial charge in [0.05, 0.1) is 0 Å². The summed E-state index contributed by atoms with van der Waals surface area (Å²) in [5, 5.41) is 3.51. The Morgan fingerprint density at radius 3 is 2.15 bits per heavy atom. The van der Waals surface area contributed by atoms with Crippen molar-refractivity contribution >= 4 is 0 Å². The monoisotopic (exact) mass is 274 g/mol. The zero-order chi connectivity index (χ0) is 14.8. The number of aryl methyl sites for hydroxylation is 1. The van der Waals surface area contributed by atoms with Crippen LogP contribution >= 0.6 is 0 Å². The molecule has 0 aromatic heterocycles. The minimum atomic E-state index is 0.414. The molecule has 1 aromatic rings. The van der Waals surface area contributed by atoms with Gasteiger partial charge in [0, 0.05) is 12.1 Å². The zero-order valence-corrected chi connectivity index (χ0v) is 13.7. The zero-order valence-electron chi connectivity index (χ0n) is 13.7. The molecular formula is C18H30N2. The fourth-order valence-electron chi connectivity index (χ4n) is 3.21. The second-order valence-corrected chi connectivity index (χ2v) is 7.12. The van der Waals surface area contributed by atoms with Crippen LogP contribution in [0.4, 0.5) is 0 Å². The highest BCUT2D eigenvalue weighted by Gasteiger charge is 2.30. The number of nitrogens with one attached hydrogen (secondary N) is 1. The van der Waals surface area contributed by atoms with Crippen molar-refractivity contribution in [2.75, 3.05) is 20.1 Å². The standard InChI is InChI=1S/C18H30N2/c1-14-6-8-16(9-7-14)17(19-5)15(2)20-12-10-18(3,4)11-13-20/h6-9,15,17,19H,10-13H2,1-5H3. The van der Waals surface area contributed by atoms with Crippen LogP contribution in [0.25, 0.3) is 0 Å².